The number of halogens is 2. The van der Waals surface area contributed by atoms with Crippen molar-refractivity contribution in [2.75, 3.05) is 6.54 Å². The van der Waals surface area contributed by atoms with Gasteiger partial charge in [0.15, 0.2) is 0 Å². The lowest BCUT2D eigenvalue weighted by Crippen LogP contribution is -2.47. The monoisotopic (exact) mass is 409 g/mol. The highest BCUT2D eigenvalue weighted by Gasteiger charge is 2.40. The van der Waals surface area contributed by atoms with Gasteiger partial charge in [0.1, 0.15) is 0 Å². The number of aromatic amines is 1. The number of hydrogen-bond donors (Lipinski definition) is 2. The largest absolute Gasteiger partial charge is 0.356 e. The zero-order valence-corrected chi connectivity index (χ0v) is 17.0. The number of para-hydroxylation sites is 1. The third-order valence-electron chi connectivity index (χ3n) is 5.79. The summed E-state index contributed by atoms with van der Waals surface area (Å²) in [6.07, 6.45) is 3.70. The molecule has 5 rings (SSSR count). The summed E-state index contributed by atoms with van der Waals surface area (Å²) >= 11 is 6.58. The van der Waals surface area contributed by atoms with E-state index in [-0.39, 0.29) is 23.9 Å². The highest BCUT2D eigenvalue weighted by Crippen LogP contribution is 2.45. The normalized spacial score (nSPS) is 21.1. The molecule has 3 heterocycles. The Morgan fingerprint density at radius 3 is 2.50 bits per heavy atom. The van der Waals surface area contributed by atoms with Crippen LogP contribution >= 0.6 is 24.0 Å². The van der Waals surface area contributed by atoms with Gasteiger partial charge in [0.2, 0.25) is 0 Å². The highest BCUT2D eigenvalue weighted by atomic mass is 35.5. The van der Waals surface area contributed by atoms with Crippen LogP contribution in [0, 0.1) is 0 Å². The van der Waals surface area contributed by atoms with E-state index in [4.69, 9.17) is 11.6 Å². The summed E-state index contributed by atoms with van der Waals surface area (Å²) in [7, 11) is 0. The molecule has 0 saturated carbocycles. The smallest absolute Gasteiger partial charge is 0.0817 e. The van der Waals surface area contributed by atoms with Crippen LogP contribution in [0.2, 0.25) is 5.02 Å². The predicted molar refractivity (Wildman–Crippen MR) is 118 cm³/mol. The number of H-pyrrole nitrogens is 1. The van der Waals surface area contributed by atoms with E-state index in [2.05, 4.69) is 70.7 Å². The van der Waals surface area contributed by atoms with Crippen LogP contribution < -0.4 is 5.32 Å². The van der Waals surface area contributed by atoms with Crippen molar-refractivity contribution in [2.24, 2.45) is 0 Å². The molecule has 2 unspecified atom stereocenters. The second kappa shape index (κ2) is 7.25. The summed E-state index contributed by atoms with van der Waals surface area (Å²) in [6, 6.07) is 20.8. The number of fused-ring (bicyclic) bond motifs is 3. The number of pyridine rings is 1. The molecule has 2 N–H and O–H groups in total. The van der Waals surface area contributed by atoms with Gasteiger partial charge in [-0.2, -0.15) is 0 Å². The average molecular weight is 410 g/mol. The fraction of sp³-hybridized carbons (Fsp3) is 0.174. The van der Waals surface area contributed by atoms with Crippen molar-refractivity contribution in [3.63, 3.8) is 0 Å². The van der Waals surface area contributed by atoms with Crippen LogP contribution in [0.25, 0.3) is 10.9 Å². The molecule has 0 amide bonds. The first-order valence-electron chi connectivity index (χ1n) is 9.19. The number of nitrogens with one attached hydrogen (secondary N) is 2. The molecular weight excluding hydrogens is 389 g/mol. The maximum atomic E-state index is 6.58. The molecule has 3 nitrogen and oxygen atoms in total. The van der Waals surface area contributed by atoms with Gasteiger partial charge in [-0.1, -0.05) is 48.0 Å². The van der Waals surface area contributed by atoms with E-state index >= 15 is 0 Å². The van der Waals surface area contributed by atoms with Gasteiger partial charge in [-0.05, 0) is 47.9 Å². The molecule has 0 saturated heterocycles. The zero-order valence-electron chi connectivity index (χ0n) is 15.4. The molecule has 1 aliphatic rings. The Bertz CT molecular complexity index is 1120. The minimum absolute atomic E-state index is 0. The predicted octanol–water partition coefficient (Wildman–Crippen LogP) is 5.64. The number of rotatable bonds is 2. The molecule has 0 radical (unpaired) electrons. The van der Waals surface area contributed by atoms with Gasteiger partial charge in [-0.25, -0.2) is 0 Å². The second-order valence-corrected chi connectivity index (χ2v) is 7.68. The minimum Gasteiger partial charge on any atom is -0.356 e. The van der Waals surface area contributed by atoms with Crippen LogP contribution in [-0.4, -0.2) is 16.5 Å². The lowest BCUT2D eigenvalue weighted by molar-refractivity contribution is 0.390. The summed E-state index contributed by atoms with van der Waals surface area (Å²) in [5.74, 6) is 0.194. The molecule has 4 aromatic rings. The van der Waals surface area contributed by atoms with Gasteiger partial charge < -0.3 is 10.3 Å². The third kappa shape index (κ3) is 2.82. The number of aromatic nitrogens is 2. The first kappa shape index (κ1) is 19.0. The van der Waals surface area contributed by atoms with E-state index in [9.17, 15) is 0 Å². The average Bonchev–Trinajstić information content (AvgIpc) is 3.11. The molecule has 28 heavy (non-hydrogen) atoms. The van der Waals surface area contributed by atoms with Crippen molar-refractivity contribution in [3.8, 4) is 0 Å². The van der Waals surface area contributed by atoms with E-state index < -0.39 is 0 Å². The molecule has 0 aliphatic carbocycles. The van der Waals surface area contributed by atoms with Crippen LogP contribution in [0.4, 0.5) is 0 Å². The summed E-state index contributed by atoms with van der Waals surface area (Å²) < 4.78 is 0. The number of hydrogen-bond acceptors (Lipinski definition) is 2. The SMILES string of the molecule is CC1(c2ccncc2)NCC(c2ccccc2Cl)c2c1[nH]c1ccccc21.Cl. The number of nitrogens with zero attached hydrogens (tertiary/aromatic N) is 1. The Kier molecular flexibility index (Phi) is 4.92. The van der Waals surface area contributed by atoms with Crippen molar-refractivity contribution in [1.82, 2.24) is 15.3 Å². The second-order valence-electron chi connectivity index (χ2n) is 7.28. The first-order chi connectivity index (χ1) is 13.2. The molecule has 2 atom stereocenters. The summed E-state index contributed by atoms with van der Waals surface area (Å²) in [5, 5.41) is 5.86. The van der Waals surface area contributed by atoms with E-state index in [1.54, 1.807) is 0 Å². The Hall–Kier alpha value is -2.33. The summed E-state index contributed by atoms with van der Waals surface area (Å²) in [4.78, 5) is 7.89. The van der Waals surface area contributed by atoms with Crippen LogP contribution in [0.15, 0.2) is 73.1 Å². The van der Waals surface area contributed by atoms with Gasteiger partial charge >= 0.3 is 0 Å². The maximum Gasteiger partial charge on any atom is 0.0817 e. The Morgan fingerprint density at radius 1 is 1.00 bits per heavy atom. The van der Waals surface area contributed by atoms with E-state index in [1.165, 1.54) is 22.2 Å². The van der Waals surface area contributed by atoms with Crippen LogP contribution in [0.1, 0.15) is 35.2 Å². The van der Waals surface area contributed by atoms with Crippen molar-refractivity contribution in [2.45, 2.75) is 18.4 Å². The lowest BCUT2D eigenvalue weighted by atomic mass is 9.77. The van der Waals surface area contributed by atoms with Crippen molar-refractivity contribution in [3.05, 3.63) is 100 Å². The lowest BCUT2D eigenvalue weighted by Gasteiger charge is -2.39. The van der Waals surface area contributed by atoms with Crippen LogP contribution in [0.3, 0.4) is 0 Å². The molecule has 0 spiro atoms. The third-order valence-corrected chi connectivity index (χ3v) is 6.14. The Balaban J connectivity index is 0.00000192. The van der Waals surface area contributed by atoms with E-state index in [1.807, 2.05) is 24.5 Å². The molecule has 5 heteroatoms. The summed E-state index contributed by atoms with van der Waals surface area (Å²) in [5.41, 5.74) is 5.73. The Labute approximate surface area is 175 Å². The van der Waals surface area contributed by atoms with E-state index in [0.717, 1.165) is 22.6 Å². The van der Waals surface area contributed by atoms with Gasteiger partial charge in [-0.15, -0.1) is 12.4 Å². The van der Waals surface area contributed by atoms with Crippen LogP contribution in [-0.2, 0) is 5.54 Å². The van der Waals surface area contributed by atoms with Crippen LogP contribution in [0.5, 0.6) is 0 Å². The molecule has 2 aromatic carbocycles. The molecule has 0 fully saturated rings. The Morgan fingerprint density at radius 2 is 1.71 bits per heavy atom. The first-order valence-corrected chi connectivity index (χ1v) is 9.57. The summed E-state index contributed by atoms with van der Waals surface area (Å²) in [6.45, 7) is 3.05. The van der Waals surface area contributed by atoms with Gasteiger partial charge in [0.05, 0.1) is 5.54 Å². The van der Waals surface area contributed by atoms with E-state index in [0.29, 0.717) is 0 Å². The molecule has 142 valence electrons. The standard InChI is InChI=1S/C23H20ClN3.ClH/c1-23(15-10-12-25-13-11-15)22-21(17-7-3-5-9-20(17)27-22)18(14-26-23)16-6-2-4-8-19(16)24;/h2-13,18,26-27H,14H2,1H3;1H. The fourth-order valence-corrected chi connectivity index (χ4v) is 4.64. The van der Waals surface area contributed by atoms with Gasteiger partial charge in [0.25, 0.3) is 0 Å². The van der Waals surface area contributed by atoms with Gasteiger partial charge in [0, 0.05) is 46.5 Å². The quantitative estimate of drug-likeness (QED) is 0.449. The molecular formula is C23H21Cl2N3. The molecule has 2 aromatic heterocycles. The topological polar surface area (TPSA) is 40.7 Å². The molecule has 1 aliphatic heterocycles. The fourth-order valence-electron chi connectivity index (χ4n) is 4.37. The molecule has 0 bridgehead atoms. The number of benzene rings is 2. The van der Waals surface area contributed by atoms with Crippen molar-refractivity contribution < 1.29 is 0 Å². The highest BCUT2D eigenvalue weighted by molar-refractivity contribution is 6.31. The maximum absolute atomic E-state index is 6.58. The zero-order chi connectivity index (χ0) is 18.4. The van der Waals surface area contributed by atoms with Crippen molar-refractivity contribution >= 4 is 34.9 Å². The van der Waals surface area contributed by atoms with Crippen molar-refractivity contribution in [1.29, 1.82) is 0 Å². The minimum atomic E-state index is -0.310. The van der Waals surface area contributed by atoms with Gasteiger partial charge in [-0.3, -0.25) is 4.98 Å².